The zero-order valence-electron chi connectivity index (χ0n) is 11.1. The first-order chi connectivity index (χ1) is 9.71. The number of pyridine rings is 1. The summed E-state index contributed by atoms with van der Waals surface area (Å²) in [6, 6.07) is 13.1. The molecule has 1 N–H and O–H groups in total. The number of aromatic nitrogens is 1. The smallest absolute Gasteiger partial charge is 0.132 e. The van der Waals surface area contributed by atoms with Crippen LogP contribution in [0.2, 0.25) is 5.15 Å². The third-order valence-corrected chi connectivity index (χ3v) is 2.80. The molecule has 20 heavy (non-hydrogen) atoms. The van der Waals surface area contributed by atoms with E-state index in [1.165, 1.54) is 6.07 Å². The average Bonchev–Trinajstić information content (AvgIpc) is 2.45. The van der Waals surface area contributed by atoms with Crippen molar-refractivity contribution in [3.63, 3.8) is 0 Å². The molecule has 0 spiro atoms. The van der Waals surface area contributed by atoms with Crippen molar-refractivity contribution < 1.29 is 4.74 Å². The third kappa shape index (κ3) is 3.87. The van der Waals surface area contributed by atoms with Gasteiger partial charge in [0.1, 0.15) is 16.7 Å². The van der Waals surface area contributed by atoms with Crippen LogP contribution in [0.3, 0.4) is 0 Å². The molecular formula is C15H14ClN3O. The summed E-state index contributed by atoms with van der Waals surface area (Å²) in [5.74, 6) is 1.42. The largest absolute Gasteiger partial charge is 0.494 e. The first-order valence-corrected chi connectivity index (χ1v) is 6.62. The maximum atomic E-state index is 8.89. The van der Waals surface area contributed by atoms with Crippen molar-refractivity contribution in [1.82, 2.24) is 4.98 Å². The summed E-state index contributed by atoms with van der Waals surface area (Å²) in [7, 11) is 0. The Kier molecular flexibility index (Phi) is 4.80. The highest BCUT2D eigenvalue weighted by Crippen LogP contribution is 2.17. The summed E-state index contributed by atoms with van der Waals surface area (Å²) in [5, 5.41) is 12.3. The van der Waals surface area contributed by atoms with Crippen molar-refractivity contribution in [2.24, 2.45) is 0 Å². The van der Waals surface area contributed by atoms with Crippen LogP contribution in [0.4, 0.5) is 5.82 Å². The molecule has 5 heteroatoms. The van der Waals surface area contributed by atoms with Crippen molar-refractivity contribution in [2.75, 3.05) is 11.9 Å². The van der Waals surface area contributed by atoms with Crippen LogP contribution in [0.25, 0.3) is 0 Å². The Morgan fingerprint density at radius 1 is 1.35 bits per heavy atom. The van der Waals surface area contributed by atoms with Crippen LogP contribution in [0, 0.1) is 11.3 Å². The van der Waals surface area contributed by atoms with Crippen LogP contribution in [0.1, 0.15) is 18.1 Å². The number of hydrogen-bond acceptors (Lipinski definition) is 4. The molecule has 0 unspecified atom stereocenters. The minimum atomic E-state index is 0.301. The second-order valence-electron chi connectivity index (χ2n) is 4.11. The van der Waals surface area contributed by atoms with Gasteiger partial charge in [-0.1, -0.05) is 23.7 Å². The minimum absolute atomic E-state index is 0.301. The maximum Gasteiger partial charge on any atom is 0.132 e. The third-order valence-electron chi connectivity index (χ3n) is 2.61. The fourth-order valence-electron chi connectivity index (χ4n) is 1.76. The number of hydrogen-bond donors (Lipinski definition) is 1. The van der Waals surface area contributed by atoms with Crippen LogP contribution in [-0.4, -0.2) is 11.6 Å². The Bertz CT molecular complexity index is 637. The predicted octanol–water partition coefficient (Wildman–Crippen LogP) is 3.62. The molecule has 0 aliphatic carbocycles. The molecule has 4 nitrogen and oxygen atoms in total. The monoisotopic (exact) mass is 287 g/mol. The molecule has 0 radical (unpaired) electrons. The van der Waals surface area contributed by atoms with E-state index in [2.05, 4.69) is 10.3 Å². The van der Waals surface area contributed by atoms with Crippen LogP contribution in [0.15, 0.2) is 36.4 Å². The van der Waals surface area contributed by atoms with E-state index >= 15 is 0 Å². The van der Waals surface area contributed by atoms with E-state index in [4.69, 9.17) is 21.6 Å². The highest BCUT2D eigenvalue weighted by atomic mass is 35.5. The molecular weight excluding hydrogens is 274 g/mol. The van der Waals surface area contributed by atoms with E-state index in [-0.39, 0.29) is 0 Å². The molecule has 1 heterocycles. The number of ether oxygens (including phenoxy) is 1. The number of nitrogens with one attached hydrogen (secondary N) is 1. The van der Waals surface area contributed by atoms with Gasteiger partial charge in [-0.3, -0.25) is 0 Å². The van der Waals surface area contributed by atoms with Crippen LogP contribution >= 0.6 is 11.6 Å². The lowest BCUT2D eigenvalue weighted by Gasteiger charge is -2.08. The number of anilines is 1. The number of benzene rings is 1. The summed E-state index contributed by atoms with van der Waals surface area (Å²) in [4.78, 5) is 4.13. The van der Waals surface area contributed by atoms with Gasteiger partial charge in [-0.15, -0.1) is 0 Å². The second-order valence-corrected chi connectivity index (χ2v) is 4.50. The van der Waals surface area contributed by atoms with Crippen molar-refractivity contribution >= 4 is 17.4 Å². The highest BCUT2D eigenvalue weighted by molar-refractivity contribution is 6.29. The van der Waals surface area contributed by atoms with Crippen LogP contribution in [0.5, 0.6) is 5.75 Å². The fourth-order valence-corrected chi connectivity index (χ4v) is 1.97. The summed E-state index contributed by atoms with van der Waals surface area (Å²) in [6.45, 7) is 3.17. The molecule has 102 valence electrons. The maximum absolute atomic E-state index is 8.89. The fraction of sp³-hybridized carbons (Fsp3) is 0.200. The number of rotatable bonds is 5. The Hall–Kier alpha value is -2.25. The molecule has 1 aromatic carbocycles. The van der Waals surface area contributed by atoms with Crippen LogP contribution in [-0.2, 0) is 6.54 Å². The molecule has 0 aliphatic heterocycles. The molecule has 2 aromatic rings. The normalized spacial score (nSPS) is 9.85. The molecule has 1 aromatic heterocycles. The van der Waals surface area contributed by atoms with Crippen LogP contribution < -0.4 is 10.1 Å². The van der Waals surface area contributed by atoms with E-state index in [1.807, 2.05) is 37.3 Å². The van der Waals surface area contributed by atoms with Gasteiger partial charge in [0.2, 0.25) is 0 Å². The van der Waals surface area contributed by atoms with Gasteiger partial charge in [-0.2, -0.15) is 5.26 Å². The van der Waals surface area contributed by atoms with Gasteiger partial charge in [0.25, 0.3) is 0 Å². The van der Waals surface area contributed by atoms with Gasteiger partial charge in [-0.25, -0.2) is 4.98 Å². The van der Waals surface area contributed by atoms with Gasteiger partial charge in [0.15, 0.2) is 0 Å². The number of nitrogens with zero attached hydrogens (tertiary/aromatic N) is 2. The molecule has 0 bridgehead atoms. The van der Waals surface area contributed by atoms with Gasteiger partial charge in [0.05, 0.1) is 18.2 Å². The zero-order valence-corrected chi connectivity index (χ0v) is 11.8. The first-order valence-electron chi connectivity index (χ1n) is 6.24. The predicted molar refractivity (Wildman–Crippen MR) is 78.9 cm³/mol. The standard InChI is InChI=1S/C15H14ClN3O/c1-2-20-13-5-3-4-11(6-13)10-18-15-8-12(9-17)7-14(16)19-15/h3-8H,2,10H2,1H3,(H,18,19). The lowest BCUT2D eigenvalue weighted by Crippen LogP contribution is -2.02. The summed E-state index contributed by atoms with van der Waals surface area (Å²) in [5.41, 5.74) is 1.55. The zero-order chi connectivity index (χ0) is 14.4. The van der Waals surface area contributed by atoms with E-state index in [0.717, 1.165) is 11.3 Å². The Balaban J connectivity index is 2.07. The Morgan fingerprint density at radius 3 is 2.95 bits per heavy atom. The van der Waals surface area contributed by atoms with E-state index in [0.29, 0.717) is 29.7 Å². The summed E-state index contributed by atoms with van der Waals surface area (Å²) >= 11 is 5.85. The first kappa shape index (κ1) is 14.2. The van der Waals surface area contributed by atoms with Gasteiger partial charge < -0.3 is 10.1 Å². The Labute approximate surface area is 123 Å². The lowest BCUT2D eigenvalue weighted by molar-refractivity contribution is 0.340. The molecule has 0 atom stereocenters. The number of nitriles is 1. The van der Waals surface area contributed by atoms with Crippen molar-refractivity contribution in [1.29, 1.82) is 5.26 Å². The van der Waals surface area contributed by atoms with Gasteiger partial charge >= 0.3 is 0 Å². The number of halogens is 1. The van der Waals surface area contributed by atoms with E-state index in [9.17, 15) is 0 Å². The van der Waals surface area contributed by atoms with Gasteiger partial charge in [0, 0.05) is 6.54 Å². The molecule has 0 saturated carbocycles. The van der Waals surface area contributed by atoms with E-state index in [1.54, 1.807) is 6.07 Å². The van der Waals surface area contributed by atoms with Crippen molar-refractivity contribution in [2.45, 2.75) is 13.5 Å². The lowest BCUT2D eigenvalue weighted by atomic mass is 10.2. The van der Waals surface area contributed by atoms with E-state index < -0.39 is 0 Å². The highest BCUT2D eigenvalue weighted by Gasteiger charge is 2.02. The van der Waals surface area contributed by atoms with Crippen molar-refractivity contribution in [3.05, 3.63) is 52.7 Å². The molecule has 0 aliphatic rings. The molecule has 0 fully saturated rings. The topological polar surface area (TPSA) is 57.9 Å². The summed E-state index contributed by atoms with van der Waals surface area (Å²) in [6.07, 6.45) is 0. The van der Waals surface area contributed by atoms with Gasteiger partial charge in [-0.05, 0) is 36.8 Å². The quantitative estimate of drug-likeness (QED) is 0.853. The minimum Gasteiger partial charge on any atom is -0.494 e. The molecule has 0 amide bonds. The molecule has 0 saturated heterocycles. The Morgan fingerprint density at radius 2 is 2.20 bits per heavy atom. The summed E-state index contributed by atoms with van der Waals surface area (Å²) < 4.78 is 5.45. The SMILES string of the molecule is CCOc1cccc(CNc2cc(C#N)cc(Cl)n2)c1. The average molecular weight is 288 g/mol. The second kappa shape index (κ2) is 6.78. The molecule has 2 rings (SSSR count). The van der Waals surface area contributed by atoms with Crippen molar-refractivity contribution in [3.8, 4) is 11.8 Å².